The summed E-state index contributed by atoms with van der Waals surface area (Å²) >= 11 is 3.39. The van der Waals surface area contributed by atoms with E-state index in [2.05, 4.69) is 22.9 Å². The van der Waals surface area contributed by atoms with Gasteiger partial charge in [-0.3, -0.25) is 9.59 Å². The molecule has 10 heteroatoms. The first kappa shape index (κ1) is 26.0. The van der Waals surface area contributed by atoms with E-state index in [-0.39, 0.29) is 29.6 Å². The van der Waals surface area contributed by atoms with Crippen LogP contribution < -0.4 is 21.5 Å². The van der Waals surface area contributed by atoms with Crippen LogP contribution in [0.5, 0.6) is 5.75 Å². The van der Waals surface area contributed by atoms with E-state index in [9.17, 15) is 14.7 Å². The highest BCUT2D eigenvalue weighted by molar-refractivity contribution is 7.59. The molecule has 0 aliphatic carbocycles. The van der Waals surface area contributed by atoms with Crippen LogP contribution in [0, 0.1) is 17.2 Å². The fourth-order valence-electron chi connectivity index (χ4n) is 2.36. The van der Waals surface area contributed by atoms with Gasteiger partial charge in [0.05, 0.1) is 5.71 Å². The summed E-state index contributed by atoms with van der Waals surface area (Å²) in [6, 6.07) is 4.68. The van der Waals surface area contributed by atoms with E-state index in [4.69, 9.17) is 21.6 Å². The minimum Gasteiger partial charge on any atom is -0.505 e. The predicted octanol–water partition coefficient (Wildman–Crippen LogP) is 1.56. The Hall–Kier alpha value is -3.01. The lowest BCUT2D eigenvalue weighted by Gasteiger charge is -2.14. The molecule has 1 aromatic carbocycles. The summed E-state index contributed by atoms with van der Waals surface area (Å²) in [5, 5.41) is 21.4. The first-order valence-electron chi connectivity index (χ1n) is 9.85. The standard InChI is InChI=1S/C21H31N5O4S/c1-11(2)7-8-25-21(29)17(19(28)18(23)12(3)4)20(24)26-14-6-5-13(9-15(14)31)30-10-16(22)27/h5-6,9,11-12,23,28,31H,7-8,10H2,1-4H3,(H2,22,27)(H2,24,26)(H,25,29)/p+1/b19-17+,23-18?. The number of amidine groups is 1. The Bertz CT molecular complexity index is 894. The van der Waals surface area contributed by atoms with Crippen LogP contribution in [0.15, 0.2) is 39.4 Å². The third kappa shape index (κ3) is 8.33. The summed E-state index contributed by atoms with van der Waals surface area (Å²) in [7, 11) is 0. The molecular formula is C21H32N5O4S+. The largest absolute Gasteiger partial charge is 0.505 e. The molecule has 1 aromatic rings. The number of nitrogens with one attached hydrogen (secondary N) is 2. The van der Waals surface area contributed by atoms with Crippen LogP contribution in [0.2, 0.25) is 0 Å². The Morgan fingerprint density at radius 2 is 1.90 bits per heavy atom. The second-order valence-electron chi connectivity index (χ2n) is 7.66. The number of hydrogen-bond donors (Lipinski definition) is 5. The van der Waals surface area contributed by atoms with Gasteiger partial charge in [-0.05, 0) is 43.0 Å². The van der Waals surface area contributed by atoms with Crippen molar-refractivity contribution in [3.8, 4) is 5.75 Å². The van der Waals surface area contributed by atoms with Crippen molar-refractivity contribution in [3.05, 3.63) is 29.5 Å². The van der Waals surface area contributed by atoms with Crippen molar-refractivity contribution in [3.63, 3.8) is 0 Å². The lowest BCUT2D eigenvalue weighted by molar-refractivity contribution is -0.120. The second kappa shape index (κ2) is 12.0. The van der Waals surface area contributed by atoms with E-state index in [0.29, 0.717) is 28.8 Å². The molecule has 0 fully saturated rings. The number of amides is 2. The molecule has 0 bridgehead atoms. The van der Waals surface area contributed by atoms with Gasteiger partial charge >= 0.3 is 0 Å². The molecule has 170 valence electrons. The summed E-state index contributed by atoms with van der Waals surface area (Å²) in [4.78, 5) is 28.3. The number of ether oxygens (including phenoxy) is 1. The molecular weight excluding hydrogens is 418 g/mol. The van der Waals surface area contributed by atoms with Gasteiger partial charge in [0.15, 0.2) is 17.3 Å². The Kier molecular flexibility index (Phi) is 10.1. The highest BCUT2D eigenvalue weighted by atomic mass is 32.1. The highest BCUT2D eigenvalue weighted by Gasteiger charge is 2.24. The number of primary amides is 1. The van der Waals surface area contributed by atoms with Crippen LogP contribution in [-0.4, -0.2) is 41.6 Å². The fraction of sp³-hybridized carbons (Fsp3) is 0.429. The van der Waals surface area contributed by atoms with Gasteiger partial charge in [0.1, 0.15) is 22.8 Å². The van der Waals surface area contributed by atoms with Crippen molar-refractivity contribution in [2.75, 3.05) is 13.2 Å². The van der Waals surface area contributed by atoms with Gasteiger partial charge in [-0.25, -0.2) is 4.99 Å². The molecule has 9 nitrogen and oxygen atoms in total. The van der Waals surface area contributed by atoms with Crippen molar-refractivity contribution in [1.29, 1.82) is 5.41 Å². The monoisotopic (exact) mass is 450 g/mol. The zero-order chi connectivity index (χ0) is 23.7. The van der Waals surface area contributed by atoms with Crippen LogP contribution in [0.25, 0.3) is 0 Å². The van der Waals surface area contributed by atoms with Crippen LogP contribution in [0.1, 0.15) is 34.1 Å². The normalized spacial score (nSPS) is 12.5. The van der Waals surface area contributed by atoms with Crippen molar-refractivity contribution in [2.24, 2.45) is 28.3 Å². The van der Waals surface area contributed by atoms with Crippen LogP contribution in [0.4, 0.5) is 5.69 Å². The highest BCUT2D eigenvalue weighted by Crippen LogP contribution is 2.25. The van der Waals surface area contributed by atoms with Crippen LogP contribution in [-0.2, 0) is 22.2 Å². The minimum absolute atomic E-state index is 0.124. The van der Waals surface area contributed by atoms with Crippen molar-refractivity contribution in [1.82, 2.24) is 5.32 Å². The first-order valence-corrected chi connectivity index (χ1v) is 10.4. The molecule has 0 aliphatic heterocycles. The number of aliphatic imine (C=N–C) groups is 1. The maximum absolute atomic E-state index is 12.8. The molecule has 0 aliphatic rings. The molecule has 0 radical (unpaired) electrons. The topological polar surface area (TPSA) is 164 Å². The number of aliphatic hydroxyl groups is 1. The average molecular weight is 451 g/mol. The van der Waals surface area contributed by atoms with Crippen molar-refractivity contribution < 1.29 is 19.4 Å². The van der Waals surface area contributed by atoms with E-state index in [1.165, 1.54) is 0 Å². The summed E-state index contributed by atoms with van der Waals surface area (Å²) in [6.07, 6.45) is 0.747. The molecule has 2 amide bonds. The van der Waals surface area contributed by atoms with Gasteiger partial charge in [-0.15, -0.1) is 0 Å². The quantitative estimate of drug-likeness (QED) is 0.113. The number of carbonyl (C=O) groups excluding carboxylic acids is 2. The number of hydrogen-bond acceptors (Lipinski definition) is 6. The van der Waals surface area contributed by atoms with Crippen LogP contribution in [0.3, 0.4) is 0 Å². The lowest BCUT2D eigenvalue weighted by atomic mass is 10.0. The average Bonchev–Trinajstić information content (AvgIpc) is 2.67. The van der Waals surface area contributed by atoms with E-state index < -0.39 is 17.6 Å². The molecule has 0 aromatic heterocycles. The molecule has 0 unspecified atom stereocenters. The number of rotatable bonds is 11. The molecule has 0 atom stereocenters. The molecule has 0 spiro atoms. The van der Waals surface area contributed by atoms with E-state index in [1.807, 2.05) is 13.8 Å². The van der Waals surface area contributed by atoms with E-state index >= 15 is 0 Å². The van der Waals surface area contributed by atoms with Gasteiger partial charge in [0.2, 0.25) is 0 Å². The van der Waals surface area contributed by atoms with Gasteiger partial charge in [0.25, 0.3) is 11.8 Å². The number of nitrogens with two attached hydrogens (primary N) is 2. The van der Waals surface area contributed by atoms with Gasteiger partial charge in [0, 0.05) is 12.6 Å². The Morgan fingerprint density at radius 1 is 1.26 bits per heavy atom. The van der Waals surface area contributed by atoms with E-state index in [0.717, 1.165) is 6.42 Å². The number of allylic oxidation sites excluding steroid dienone is 1. The number of benzene rings is 1. The smallest absolute Gasteiger partial charge is 0.258 e. The number of nitrogens with zero attached hydrogens (tertiary/aromatic N) is 1. The molecule has 31 heavy (non-hydrogen) atoms. The maximum atomic E-state index is 12.8. The molecule has 0 saturated heterocycles. The minimum atomic E-state index is -0.610. The molecule has 0 saturated carbocycles. The summed E-state index contributed by atoms with van der Waals surface area (Å²) in [5.74, 6) is -1.53. The Balaban J connectivity index is 3.27. The number of aliphatic hydroxyl groups excluding tert-OH is 1. The first-order chi connectivity index (χ1) is 14.4. The SMILES string of the molecule is CC(C)CCNC(=O)/C(C(N)=Nc1ccc(OCC(N)=O)cc1[SH2+])=C(/O)C(=N)C(C)C. The van der Waals surface area contributed by atoms with Gasteiger partial charge in [-0.1, -0.05) is 27.7 Å². The van der Waals surface area contributed by atoms with Crippen molar-refractivity contribution in [2.45, 2.75) is 39.0 Å². The zero-order valence-electron chi connectivity index (χ0n) is 18.3. The predicted molar refractivity (Wildman–Crippen MR) is 126 cm³/mol. The van der Waals surface area contributed by atoms with Crippen molar-refractivity contribution >= 4 is 41.7 Å². The fourth-order valence-corrected chi connectivity index (χ4v) is 2.64. The third-order valence-corrected chi connectivity index (χ3v) is 4.55. The van der Waals surface area contributed by atoms with Gasteiger partial charge < -0.3 is 32.0 Å². The lowest BCUT2D eigenvalue weighted by Crippen LogP contribution is -2.35. The Labute approximate surface area is 187 Å². The zero-order valence-corrected chi connectivity index (χ0v) is 19.3. The molecule has 0 heterocycles. The number of carbonyl (C=O) groups is 2. The van der Waals surface area contributed by atoms with Crippen LogP contribution >= 0.6 is 0 Å². The van der Waals surface area contributed by atoms with E-state index in [1.54, 1.807) is 32.0 Å². The summed E-state index contributed by atoms with van der Waals surface area (Å²) in [5.41, 5.74) is 11.1. The second-order valence-corrected chi connectivity index (χ2v) is 8.20. The summed E-state index contributed by atoms with van der Waals surface area (Å²) in [6.45, 7) is 7.62. The third-order valence-electron chi connectivity index (χ3n) is 4.15. The Morgan fingerprint density at radius 3 is 2.42 bits per heavy atom. The molecule has 7 N–H and O–H groups in total. The summed E-state index contributed by atoms with van der Waals surface area (Å²) < 4.78 is 5.23. The van der Waals surface area contributed by atoms with Gasteiger partial charge in [-0.2, -0.15) is 0 Å². The maximum Gasteiger partial charge on any atom is 0.258 e. The molecule has 1 rings (SSSR count).